The van der Waals surface area contributed by atoms with Crippen LogP contribution in [0.5, 0.6) is 0 Å². The van der Waals surface area contributed by atoms with E-state index in [9.17, 15) is 9.59 Å². The van der Waals surface area contributed by atoms with E-state index in [1.165, 1.54) is 0 Å². The normalized spacial score (nSPS) is 14.6. The Bertz CT molecular complexity index is 785. The molecule has 2 aromatic rings. The Morgan fingerprint density at radius 2 is 1.64 bits per heavy atom. The summed E-state index contributed by atoms with van der Waals surface area (Å²) in [5, 5.41) is 2.90. The van der Waals surface area contributed by atoms with Crippen molar-refractivity contribution >= 4 is 23.3 Å². The van der Waals surface area contributed by atoms with Gasteiger partial charge in [0.2, 0.25) is 11.8 Å². The van der Waals surface area contributed by atoms with Gasteiger partial charge in [0.1, 0.15) is 5.82 Å². The van der Waals surface area contributed by atoms with Crippen molar-refractivity contribution in [3.05, 3.63) is 54.7 Å². The first-order valence-electron chi connectivity index (χ1n) is 9.72. The Labute approximate surface area is 166 Å². The molecule has 0 bridgehead atoms. The van der Waals surface area contributed by atoms with Gasteiger partial charge in [0.25, 0.3) is 0 Å². The molecule has 3 rings (SSSR count). The van der Waals surface area contributed by atoms with Gasteiger partial charge in [-0.3, -0.25) is 9.59 Å². The summed E-state index contributed by atoms with van der Waals surface area (Å²) in [6.45, 7) is 6.86. The molecule has 0 unspecified atom stereocenters. The zero-order valence-electron chi connectivity index (χ0n) is 16.6. The second kappa shape index (κ2) is 8.87. The molecule has 1 aromatic carbocycles. The van der Waals surface area contributed by atoms with Crippen LogP contribution in [0.1, 0.15) is 26.7 Å². The maximum Gasteiger partial charge on any atom is 0.224 e. The Kier molecular flexibility index (Phi) is 6.29. The van der Waals surface area contributed by atoms with E-state index in [-0.39, 0.29) is 11.8 Å². The third-order valence-electron chi connectivity index (χ3n) is 4.93. The lowest BCUT2D eigenvalue weighted by Crippen LogP contribution is -2.49. The molecule has 1 N–H and O–H groups in total. The molecule has 1 aromatic heterocycles. The fourth-order valence-corrected chi connectivity index (χ4v) is 3.47. The number of benzene rings is 1. The van der Waals surface area contributed by atoms with Crippen LogP contribution < -0.4 is 10.2 Å². The van der Waals surface area contributed by atoms with Gasteiger partial charge in [0, 0.05) is 50.9 Å². The van der Waals surface area contributed by atoms with Crippen LogP contribution in [0.25, 0.3) is 0 Å². The number of anilines is 2. The molecule has 0 aliphatic carbocycles. The first-order chi connectivity index (χ1) is 13.4. The Hall–Kier alpha value is -2.89. The highest BCUT2D eigenvalue weighted by atomic mass is 16.2. The molecular weight excluding hydrogens is 352 g/mol. The number of nitrogens with zero attached hydrogens (tertiary/aromatic N) is 3. The van der Waals surface area contributed by atoms with Crippen molar-refractivity contribution in [2.75, 3.05) is 36.4 Å². The van der Waals surface area contributed by atoms with E-state index in [1.807, 2.05) is 67.3 Å². The number of hydrogen-bond donors (Lipinski definition) is 1. The number of pyridine rings is 1. The number of piperazine rings is 1. The van der Waals surface area contributed by atoms with E-state index >= 15 is 0 Å². The topological polar surface area (TPSA) is 65.5 Å². The summed E-state index contributed by atoms with van der Waals surface area (Å²) in [7, 11) is 0. The molecule has 6 heteroatoms. The van der Waals surface area contributed by atoms with Crippen molar-refractivity contribution in [3.63, 3.8) is 0 Å². The smallest absolute Gasteiger partial charge is 0.224 e. The number of rotatable bonds is 6. The number of aromatic nitrogens is 1. The van der Waals surface area contributed by atoms with Crippen molar-refractivity contribution in [2.45, 2.75) is 26.7 Å². The highest BCUT2D eigenvalue weighted by Crippen LogP contribution is 2.27. The van der Waals surface area contributed by atoms with Crippen LogP contribution in [-0.4, -0.2) is 47.9 Å². The largest absolute Gasteiger partial charge is 0.353 e. The summed E-state index contributed by atoms with van der Waals surface area (Å²) in [6.07, 6.45) is 2.45. The third-order valence-corrected chi connectivity index (χ3v) is 4.93. The second-order valence-corrected chi connectivity index (χ2v) is 7.99. The van der Waals surface area contributed by atoms with Crippen molar-refractivity contribution in [2.24, 2.45) is 5.41 Å². The van der Waals surface area contributed by atoms with Crippen molar-refractivity contribution < 1.29 is 9.59 Å². The van der Waals surface area contributed by atoms with Gasteiger partial charge in [-0.05, 0) is 29.7 Å². The van der Waals surface area contributed by atoms with Crippen molar-refractivity contribution in [3.8, 4) is 0 Å². The molecule has 1 aliphatic heterocycles. The van der Waals surface area contributed by atoms with Gasteiger partial charge in [-0.15, -0.1) is 0 Å². The van der Waals surface area contributed by atoms with Crippen molar-refractivity contribution in [1.82, 2.24) is 9.88 Å². The fraction of sp³-hybridized carbons (Fsp3) is 0.409. The Morgan fingerprint density at radius 1 is 0.964 bits per heavy atom. The van der Waals surface area contributed by atoms with Gasteiger partial charge < -0.3 is 15.1 Å². The monoisotopic (exact) mass is 380 g/mol. The highest BCUT2D eigenvalue weighted by molar-refractivity contribution is 5.91. The average Bonchev–Trinajstić information content (AvgIpc) is 2.68. The van der Waals surface area contributed by atoms with E-state index in [1.54, 1.807) is 6.20 Å². The molecule has 1 aliphatic rings. The molecule has 6 nitrogen and oxygen atoms in total. The molecule has 1 fully saturated rings. The maximum absolute atomic E-state index is 12.8. The first kappa shape index (κ1) is 19.9. The predicted octanol–water partition coefficient (Wildman–Crippen LogP) is 3.18. The quantitative estimate of drug-likeness (QED) is 0.836. The van der Waals surface area contributed by atoms with Crippen LogP contribution in [0.15, 0.2) is 54.7 Å². The lowest BCUT2D eigenvalue weighted by molar-refractivity contribution is -0.134. The number of para-hydroxylation sites is 1. The number of carbonyl (C=O) groups excluding carboxylic acids is 2. The van der Waals surface area contributed by atoms with E-state index in [4.69, 9.17) is 0 Å². The lowest BCUT2D eigenvalue weighted by atomic mass is 9.84. The minimum Gasteiger partial charge on any atom is -0.353 e. The fourth-order valence-electron chi connectivity index (χ4n) is 3.47. The predicted molar refractivity (Wildman–Crippen MR) is 111 cm³/mol. The maximum atomic E-state index is 12.8. The molecule has 0 radical (unpaired) electrons. The summed E-state index contributed by atoms with van der Waals surface area (Å²) in [6, 6.07) is 15.3. The van der Waals surface area contributed by atoms with Crippen LogP contribution in [0, 0.1) is 5.41 Å². The van der Waals surface area contributed by atoms with Crippen molar-refractivity contribution in [1.29, 1.82) is 0 Å². The van der Waals surface area contributed by atoms with Gasteiger partial charge >= 0.3 is 0 Å². The highest BCUT2D eigenvalue weighted by Gasteiger charge is 2.29. The lowest BCUT2D eigenvalue weighted by Gasteiger charge is -2.37. The van der Waals surface area contributed by atoms with Gasteiger partial charge in [-0.25, -0.2) is 4.98 Å². The summed E-state index contributed by atoms with van der Waals surface area (Å²) < 4.78 is 0. The van der Waals surface area contributed by atoms with Crippen LogP contribution in [0.3, 0.4) is 0 Å². The zero-order valence-corrected chi connectivity index (χ0v) is 16.6. The summed E-state index contributed by atoms with van der Waals surface area (Å²) in [5.74, 6) is 0.995. The minimum absolute atomic E-state index is 0.0658. The number of carbonyl (C=O) groups is 2. The summed E-state index contributed by atoms with van der Waals surface area (Å²) in [5.41, 5.74) is 0.383. The van der Waals surface area contributed by atoms with Crippen LogP contribution in [-0.2, 0) is 9.59 Å². The average molecular weight is 380 g/mol. The zero-order chi connectivity index (χ0) is 20.0. The second-order valence-electron chi connectivity index (χ2n) is 7.99. The molecule has 0 saturated carbocycles. The van der Waals surface area contributed by atoms with Gasteiger partial charge in [-0.1, -0.05) is 38.1 Å². The third kappa shape index (κ3) is 5.55. The molecule has 28 heavy (non-hydrogen) atoms. The SMILES string of the molecule is CC(C)(CC(=O)Nc1ccccc1)CC(=O)N1CCN(c2ccccn2)CC1. The Morgan fingerprint density at radius 3 is 2.29 bits per heavy atom. The first-order valence-corrected chi connectivity index (χ1v) is 9.72. The van der Waals surface area contributed by atoms with E-state index in [0.717, 1.165) is 24.6 Å². The molecule has 2 heterocycles. The summed E-state index contributed by atoms with van der Waals surface area (Å²) >= 11 is 0. The molecule has 0 spiro atoms. The standard InChI is InChI=1S/C22H28N4O2/c1-22(2,16-20(27)24-18-8-4-3-5-9-18)17-21(28)26-14-12-25(13-15-26)19-10-6-7-11-23-19/h3-11H,12-17H2,1-2H3,(H,24,27). The number of nitrogens with one attached hydrogen (secondary N) is 1. The minimum atomic E-state index is -0.395. The van der Waals surface area contributed by atoms with E-state index in [0.29, 0.717) is 25.9 Å². The number of hydrogen-bond acceptors (Lipinski definition) is 4. The van der Waals surface area contributed by atoms with Gasteiger partial charge in [-0.2, -0.15) is 0 Å². The molecule has 148 valence electrons. The number of amides is 2. The summed E-state index contributed by atoms with van der Waals surface area (Å²) in [4.78, 5) is 33.6. The Balaban J connectivity index is 1.47. The van der Waals surface area contributed by atoms with Crippen LogP contribution in [0.4, 0.5) is 11.5 Å². The van der Waals surface area contributed by atoms with E-state index < -0.39 is 5.41 Å². The molecule has 1 saturated heterocycles. The molecule has 2 amide bonds. The van der Waals surface area contributed by atoms with Gasteiger partial charge in [0.15, 0.2) is 0 Å². The van der Waals surface area contributed by atoms with Crippen LogP contribution >= 0.6 is 0 Å². The molecular formula is C22H28N4O2. The van der Waals surface area contributed by atoms with Crippen LogP contribution in [0.2, 0.25) is 0 Å². The molecule has 0 atom stereocenters. The van der Waals surface area contributed by atoms with E-state index in [2.05, 4.69) is 15.2 Å². The van der Waals surface area contributed by atoms with Gasteiger partial charge in [0.05, 0.1) is 0 Å².